The van der Waals surface area contributed by atoms with Gasteiger partial charge < -0.3 is 20.2 Å². The van der Waals surface area contributed by atoms with E-state index < -0.39 is 5.60 Å². The quantitative estimate of drug-likeness (QED) is 0.686. The molecule has 4 saturated carbocycles. The molecule has 2 unspecified atom stereocenters. The zero-order valence-electron chi connectivity index (χ0n) is 19.4. The summed E-state index contributed by atoms with van der Waals surface area (Å²) in [5.41, 5.74) is 1.78. The topological polar surface area (TPSA) is 73.1 Å². The van der Waals surface area contributed by atoms with Crippen LogP contribution in [0.1, 0.15) is 42.6 Å². The van der Waals surface area contributed by atoms with Crippen LogP contribution in [0.25, 0.3) is 4.85 Å². The van der Waals surface area contributed by atoms with Gasteiger partial charge in [-0.25, -0.2) is 9.83 Å². The van der Waals surface area contributed by atoms with Gasteiger partial charge in [-0.15, -0.1) is 0 Å². The average molecular weight is 458 g/mol. The maximum absolute atomic E-state index is 13.2. The van der Waals surface area contributed by atoms with E-state index in [2.05, 4.69) is 20.0 Å². The first-order valence-corrected chi connectivity index (χ1v) is 12.5. The summed E-state index contributed by atoms with van der Waals surface area (Å²) >= 11 is 0. The van der Waals surface area contributed by atoms with E-state index in [1.165, 1.54) is 0 Å². The number of benzene rings is 1. The van der Waals surface area contributed by atoms with Crippen LogP contribution in [0.3, 0.4) is 0 Å². The summed E-state index contributed by atoms with van der Waals surface area (Å²) in [6.07, 6.45) is 4.85. The first kappa shape index (κ1) is 21.4. The Kier molecular flexibility index (Phi) is 5.22. The predicted octanol–water partition coefficient (Wildman–Crippen LogP) is 3.63. The highest BCUT2D eigenvalue weighted by atomic mass is 16.3. The molecule has 1 aromatic carbocycles. The first-order valence-electron chi connectivity index (χ1n) is 12.5. The van der Waals surface area contributed by atoms with E-state index >= 15 is 0 Å². The number of nitrogens with one attached hydrogen (secondary N) is 1. The Morgan fingerprint density at radius 2 is 1.68 bits per heavy atom. The van der Waals surface area contributed by atoms with E-state index in [0.717, 1.165) is 69.8 Å². The molecule has 2 heterocycles. The molecule has 7 rings (SSSR count). The fourth-order valence-electron chi connectivity index (χ4n) is 7.10. The molecule has 1 aliphatic heterocycles. The van der Waals surface area contributed by atoms with Crippen LogP contribution < -0.4 is 15.1 Å². The number of amides is 1. The zero-order valence-corrected chi connectivity index (χ0v) is 19.4. The van der Waals surface area contributed by atoms with Gasteiger partial charge in [-0.3, -0.25) is 4.79 Å². The largest absolute Gasteiger partial charge is 0.390 e. The minimum atomic E-state index is -0.489. The molecule has 4 aliphatic carbocycles. The highest BCUT2D eigenvalue weighted by molar-refractivity contribution is 5.93. The van der Waals surface area contributed by atoms with Crippen LogP contribution in [0.5, 0.6) is 0 Å². The van der Waals surface area contributed by atoms with E-state index in [1.807, 2.05) is 36.4 Å². The lowest BCUT2D eigenvalue weighted by atomic mass is 9.52. The minimum Gasteiger partial charge on any atom is -0.390 e. The molecule has 0 spiro atoms. The maximum Gasteiger partial charge on any atom is 0.270 e. The summed E-state index contributed by atoms with van der Waals surface area (Å²) in [6.45, 7) is 10.5. The molecule has 1 aromatic heterocycles. The third kappa shape index (κ3) is 3.90. The van der Waals surface area contributed by atoms with Gasteiger partial charge in [0.2, 0.25) is 0 Å². The average Bonchev–Trinajstić information content (AvgIpc) is 2.85. The number of nitrogens with zero attached hydrogens (tertiary/aromatic N) is 4. The number of rotatable bonds is 4. The van der Waals surface area contributed by atoms with Crippen LogP contribution in [0.2, 0.25) is 0 Å². The second-order valence-electron chi connectivity index (χ2n) is 10.7. The number of anilines is 2. The second kappa shape index (κ2) is 8.28. The van der Waals surface area contributed by atoms with Gasteiger partial charge in [0.1, 0.15) is 11.5 Å². The molecule has 2 aromatic rings. The lowest BCUT2D eigenvalue weighted by Gasteiger charge is -2.58. The van der Waals surface area contributed by atoms with E-state index in [0.29, 0.717) is 29.1 Å². The molecule has 5 aliphatic rings. The van der Waals surface area contributed by atoms with Gasteiger partial charge in [-0.2, -0.15) is 0 Å². The van der Waals surface area contributed by atoms with Gasteiger partial charge in [-0.1, -0.05) is 18.2 Å². The summed E-state index contributed by atoms with van der Waals surface area (Å²) in [6, 6.07) is 13.6. The molecule has 7 heteroatoms. The molecule has 2 N–H and O–H groups in total. The van der Waals surface area contributed by atoms with E-state index in [9.17, 15) is 9.90 Å². The maximum atomic E-state index is 13.2. The zero-order chi connectivity index (χ0) is 23.3. The number of piperazine rings is 1. The number of pyridine rings is 1. The van der Waals surface area contributed by atoms with Crippen molar-refractivity contribution in [2.75, 3.05) is 36.0 Å². The van der Waals surface area contributed by atoms with Crippen LogP contribution in [-0.4, -0.2) is 53.8 Å². The smallest absolute Gasteiger partial charge is 0.270 e. The van der Waals surface area contributed by atoms with Crippen LogP contribution in [0.15, 0.2) is 42.5 Å². The van der Waals surface area contributed by atoms with Crippen LogP contribution in [0.4, 0.5) is 17.2 Å². The summed E-state index contributed by atoms with van der Waals surface area (Å²) in [5, 5.41) is 14.1. The molecule has 176 valence electrons. The lowest BCUT2D eigenvalue weighted by Crippen LogP contribution is -2.61. The Bertz CT molecular complexity index is 1100. The summed E-state index contributed by atoms with van der Waals surface area (Å²) < 4.78 is 0. The fourth-order valence-corrected chi connectivity index (χ4v) is 7.10. The van der Waals surface area contributed by atoms with Gasteiger partial charge in [-0.05, 0) is 74.1 Å². The van der Waals surface area contributed by atoms with Crippen molar-refractivity contribution in [2.24, 2.45) is 17.8 Å². The highest BCUT2D eigenvalue weighted by Gasteiger charge is 2.55. The molecule has 5 fully saturated rings. The monoisotopic (exact) mass is 457 g/mol. The van der Waals surface area contributed by atoms with Crippen molar-refractivity contribution in [3.05, 3.63) is 59.6 Å². The molecule has 0 radical (unpaired) electrons. The standard InChI is InChI=1S/C27H31N5O2/c1-28-21-5-7-22(8-6-21)31-9-11-32(12-10-31)24-4-2-3-23(29-24)26(33)30-25-19-13-18-14-20(25)17-27(34,15-18)16-19/h2-8,18-20,25,34H,9-17H2,(H,30,33). The fraction of sp³-hybridized carbons (Fsp3) is 0.519. The molecule has 2 atom stereocenters. The molecule has 4 bridgehead atoms. The Labute approximate surface area is 200 Å². The second-order valence-corrected chi connectivity index (χ2v) is 10.7. The van der Waals surface area contributed by atoms with Crippen molar-refractivity contribution >= 4 is 23.1 Å². The molecule has 7 nitrogen and oxygen atoms in total. The summed E-state index contributed by atoms with van der Waals surface area (Å²) in [7, 11) is 0. The summed E-state index contributed by atoms with van der Waals surface area (Å²) in [4.78, 5) is 25.9. The van der Waals surface area contributed by atoms with Gasteiger partial charge in [0.15, 0.2) is 5.69 Å². The van der Waals surface area contributed by atoms with Crippen LogP contribution in [-0.2, 0) is 0 Å². The van der Waals surface area contributed by atoms with Crippen molar-refractivity contribution in [2.45, 2.75) is 43.7 Å². The number of aliphatic hydroxyl groups is 1. The Balaban J connectivity index is 1.09. The van der Waals surface area contributed by atoms with Crippen molar-refractivity contribution in [3.8, 4) is 0 Å². The molecular weight excluding hydrogens is 426 g/mol. The molecule has 1 amide bonds. The predicted molar refractivity (Wildman–Crippen MR) is 131 cm³/mol. The highest BCUT2D eigenvalue weighted by Crippen LogP contribution is 2.55. The van der Waals surface area contributed by atoms with Crippen molar-refractivity contribution in [3.63, 3.8) is 0 Å². The normalized spacial score (nSPS) is 31.9. The first-order chi connectivity index (χ1) is 16.5. The van der Waals surface area contributed by atoms with E-state index in [-0.39, 0.29) is 11.9 Å². The number of carbonyl (C=O) groups is 1. The molecular formula is C27H31N5O2. The van der Waals surface area contributed by atoms with Crippen molar-refractivity contribution in [1.82, 2.24) is 10.3 Å². The molecule has 34 heavy (non-hydrogen) atoms. The summed E-state index contributed by atoms with van der Waals surface area (Å²) in [5.74, 6) is 2.15. The SMILES string of the molecule is [C-]#[N+]c1ccc(N2CCN(c3cccc(C(=O)NC4C5CC6CC4CC(O)(C6)C5)n3)CC2)cc1. The Morgan fingerprint density at radius 3 is 2.32 bits per heavy atom. The van der Waals surface area contributed by atoms with E-state index in [4.69, 9.17) is 11.6 Å². The van der Waals surface area contributed by atoms with Gasteiger partial charge >= 0.3 is 0 Å². The number of hydrogen-bond donors (Lipinski definition) is 2. The van der Waals surface area contributed by atoms with Crippen LogP contribution >= 0.6 is 0 Å². The third-order valence-electron chi connectivity index (χ3n) is 8.45. The molecule has 1 saturated heterocycles. The van der Waals surface area contributed by atoms with Crippen molar-refractivity contribution < 1.29 is 9.90 Å². The van der Waals surface area contributed by atoms with Gasteiger partial charge in [0.05, 0.1) is 12.2 Å². The van der Waals surface area contributed by atoms with Gasteiger partial charge in [0.25, 0.3) is 5.91 Å². The van der Waals surface area contributed by atoms with E-state index in [1.54, 1.807) is 6.07 Å². The minimum absolute atomic E-state index is 0.0927. The Morgan fingerprint density at radius 1 is 1.00 bits per heavy atom. The number of carbonyl (C=O) groups excluding carboxylic acids is 1. The number of hydrogen-bond acceptors (Lipinski definition) is 5. The number of aromatic nitrogens is 1. The van der Waals surface area contributed by atoms with Crippen LogP contribution in [0, 0.1) is 24.3 Å². The van der Waals surface area contributed by atoms with Gasteiger partial charge in [0, 0.05) is 37.9 Å². The van der Waals surface area contributed by atoms with Crippen molar-refractivity contribution in [1.29, 1.82) is 0 Å². The lowest BCUT2D eigenvalue weighted by molar-refractivity contribution is -0.136. The third-order valence-corrected chi connectivity index (χ3v) is 8.45. The Hall–Kier alpha value is -3.11.